The summed E-state index contributed by atoms with van der Waals surface area (Å²) >= 11 is 0. The molecule has 2 aromatic rings. The summed E-state index contributed by atoms with van der Waals surface area (Å²) in [4.78, 5) is 4.08. The molecule has 96 valence electrons. The van der Waals surface area contributed by atoms with Gasteiger partial charge < -0.3 is 0 Å². The summed E-state index contributed by atoms with van der Waals surface area (Å²) in [6, 6.07) is 5.30. The highest BCUT2D eigenvalue weighted by molar-refractivity contribution is 5.60. The van der Waals surface area contributed by atoms with Gasteiger partial charge in [0.25, 0.3) is 0 Å². The van der Waals surface area contributed by atoms with Crippen LogP contribution in [-0.2, 0) is 12.6 Å². The molecule has 0 amide bonds. The molecule has 0 atom stereocenters. The normalized spacial score (nSPS) is 11.8. The van der Waals surface area contributed by atoms with Gasteiger partial charge in [0.15, 0.2) is 5.82 Å². The first-order valence-corrected chi connectivity index (χ1v) is 5.60. The van der Waals surface area contributed by atoms with Gasteiger partial charge >= 0.3 is 6.18 Å². The summed E-state index contributed by atoms with van der Waals surface area (Å²) in [5.41, 5.74) is -0.712. The Morgan fingerprint density at radius 2 is 1.94 bits per heavy atom. The van der Waals surface area contributed by atoms with Gasteiger partial charge in [0, 0.05) is 12.0 Å². The zero-order chi connectivity index (χ0) is 13.2. The zero-order valence-electron chi connectivity index (χ0n) is 9.75. The van der Waals surface area contributed by atoms with Crippen molar-refractivity contribution in [1.29, 1.82) is 0 Å². The minimum Gasteiger partial charge on any atom is -0.263 e. The lowest BCUT2D eigenvalue weighted by molar-refractivity contribution is -0.137. The molecule has 0 unspecified atom stereocenters. The monoisotopic (exact) mass is 255 g/mol. The smallest absolute Gasteiger partial charge is 0.263 e. The van der Waals surface area contributed by atoms with Gasteiger partial charge in [-0.1, -0.05) is 25.1 Å². The van der Waals surface area contributed by atoms with Crippen LogP contribution in [-0.4, -0.2) is 15.2 Å². The van der Waals surface area contributed by atoms with Gasteiger partial charge in [-0.3, -0.25) is 5.10 Å². The lowest BCUT2D eigenvalue weighted by atomic mass is 10.1. The number of hydrogen-bond acceptors (Lipinski definition) is 2. The lowest BCUT2D eigenvalue weighted by Crippen LogP contribution is -2.07. The third kappa shape index (κ3) is 2.52. The average Bonchev–Trinajstić information content (AvgIpc) is 2.77. The molecule has 0 bridgehead atoms. The van der Waals surface area contributed by atoms with Gasteiger partial charge in [0.2, 0.25) is 0 Å². The largest absolute Gasteiger partial charge is 0.417 e. The minimum absolute atomic E-state index is 0.00334. The second kappa shape index (κ2) is 4.80. The van der Waals surface area contributed by atoms with Crippen molar-refractivity contribution in [2.45, 2.75) is 25.9 Å². The maximum Gasteiger partial charge on any atom is 0.417 e. The van der Waals surface area contributed by atoms with Gasteiger partial charge in [-0.25, -0.2) is 4.98 Å². The second-order valence-corrected chi connectivity index (χ2v) is 3.90. The molecular formula is C12H12F3N3. The first kappa shape index (κ1) is 12.6. The Hall–Kier alpha value is -1.85. The maximum atomic E-state index is 12.8. The van der Waals surface area contributed by atoms with Crippen molar-refractivity contribution in [2.24, 2.45) is 0 Å². The van der Waals surface area contributed by atoms with Crippen molar-refractivity contribution in [1.82, 2.24) is 15.2 Å². The zero-order valence-corrected chi connectivity index (χ0v) is 9.75. The van der Waals surface area contributed by atoms with Crippen molar-refractivity contribution < 1.29 is 13.2 Å². The number of aryl methyl sites for hydroxylation is 1. The molecule has 0 radical (unpaired) electrons. The highest BCUT2D eigenvalue weighted by Crippen LogP contribution is 2.35. The van der Waals surface area contributed by atoms with Crippen molar-refractivity contribution in [2.75, 3.05) is 0 Å². The molecule has 0 saturated heterocycles. The van der Waals surface area contributed by atoms with E-state index in [1.165, 1.54) is 12.1 Å². The molecule has 18 heavy (non-hydrogen) atoms. The molecular weight excluding hydrogens is 243 g/mol. The number of H-pyrrole nitrogens is 1. The average molecular weight is 255 g/mol. The van der Waals surface area contributed by atoms with Crippen LogP contribution in [0.4, 0.5) is 13.2 Å². The fourth-order valence-corrected chi connectivity index (χ4v) is 1.69. The number of aromatic amines is 1. The fraction of sp³-hybridized carbons (Fsp3) is 0.333. The summed E-state index contributed by atoms with van der Waals surface area (Å²) in [7, 11) is 0. The van der Waals surface area contributed by atoms with Crippen LogP contribution in [0, 0.1) is 0 Å². The van der Waals surface area contributed by atoms with Crippen LogP contribution in [0.15, 0.2) is 24.3 Å². The Morgan fingerprint density at radius 3 is 2.61 bits per heavy atom. The third-order valence-electron chi connectivity index (χ3n) is 2.49. The molecule has 1 aromatic carbocycles. The highest BCUT2D eigenvalue weighted by atomic mass is 19.4. The summed E-state index contributed by atoms with van der Waals surface area (Å²) in [6.07, 6.45) is -2.88. The summed E-state index contributed by atoms with van der Waals surface area (Å²) < 4.78 is 38.5. The number of halogens is 3. The Kier molecular flexibility index (Phi) is 3.36. The van der Waals surface area contributed by atoms with Gasteiger partial charge in [-0.2, -0.15) is 18.3 Å². The molecule has 3 nitrogen and oxygen atoms in total. The van der Waals surface area contributed by atoms with E-state index in [1.807, 2.05) is 6.92 Å². The van der Waals surface area contributed by atoms with Crippen LogP contribution in [0.25, 0.3) is 11.4 Å². The van der Waals surface area contributed by atoms with Crippen LogP contribution in [0.5, 0.6) is 0 Å². The standard InChI is InChI=1S/C12H12F3N3/c1-2-5-10-16-11(18-17-10)8-6-3-4-7-9(8)12(13,14)15/h3-4,6-7H,2,5H2,1H3,(H,16,17,18). The SMILES string of the molecule is CCCc1nc(-c2ccccc2C(F)(F)F)n[nH]1. The van der Waals surface area contributed by atoms with Crippen molar-refractivity contribution in [3.63, 3.8) is 0 Å². The number of benzene rings is 1. The van der Waals surface area contributed by atoms with Crippen molar-refractivity contribution >= 4 is 0 Å². The predicted molar refractivity (Wildman–Crippen MR) is 60.8 cm³/mol. The van der Waals surface area contributed by atoms with Crippen LogP contribution < -0.4 is 0 Å². The molecule has 0 aliphatic rings. The summed E-state index contributed by atoms with van der Waals surface area (Å²) in [6.45, 7) is 1.96. The Labute approximate surface area is 102 Å². The first-order chi connectivity index (χ1) is 8.52. The molecule has 0 spiro atoms. The molecule has 0 fully saturated rings. The number of alkyl halides is 3. The van der Waals surface area contributed by atoms with Gasteiger partial charge in [0.05, 0.1) is 5.56 Å². The van der Waals surface area contributed by atoms with E-state index in [1.54, 1.807) is 6.07 Å². The number of nitrogens with zero attached hydrogens (tertiary/aromatic N) is 2. The number of hydrogen-bond donors (Lipinski definition) is 1. The Morgan fingerprint density at radius 1 is 1.22 bits per heavy atom. The summed E-state index contributed by atoms with van der Waals surface area (Å²) in [5, 5.41) is 6.50. The predicted octanol–water partition coefficient (Wildman–Crippen LogP) is 3.44. The van der Waals surface area contributed by atoms with Crippen molar-refractivity contribution in [3.05, 3.63) is 35.7 Å². The van der Waals surface area contributed by atoms with Crippen LogP contribution in [0.1, 0.15) is 24.7 Å². The number of rotatable bonds is 3. The van der Waals surface area contributed by atoms with Gasteiger partial charge in [-0.05, 0) is 12.5 Å². The molecule has 6 heteroatoms. The topological polar surface area (TPSA) is 41.6 Å². The van der Waals surface area contributed by atoms with E-state index in [0.29, 0.717) is 12.2 Å². The van der Waals surface area contributed by atoms with Gasteiger partial charge in [-0.15, -0.1) is 0 Å². The highest BCUT2D eigenvalue weighted by Gasteiger charge is 2.34. The second-order valence-electron chi connectivity index (χ2n) is 3.90. The van der Waals surface area contributed by atoms with E-state index in [0.717, 1.165) is 12.5 Å². The first-order valence-electron chi connectivity index (χ1n) is 5.60. The Balaban J connectivity index is 2.43. The van der Waals surface area contributed by atoms with E-state index in [4.69, 9.17) is 0 Å². The molecule has 1 heterocycles. The van der Waals surface area contributed by atoms with Gasteiger partial charge in [0.1, 0.15) is 5.82 Å². The maximum absolute atomic E-state index is 12.8. The number of nitrogens with one attached hydrogen (secondary N) is 1. The molecule has 0 aliphatic heterocycles. The van der Waals surface area contributed by atoms with E-state index >= 15 is 0 Å². The molecule has 1 aromatic heterocycles. The lowest BCUT2D eigenvalue weighted by Gasteiger charge is -2.09. The van der Waals surface area contributed by atoms with E-state index in [2.05, 4.69) is 15.2 Å². The number of aromatic nitrogens is 3. The molecule has 0 saturated carbocycles. The molecule has 1 N–H and O–H groups in total. The van der Waals surface area contributed by atoms with E-state index < -0.39 is 11.7 Å². The quantitative estimate of drug-likeness (QED) is 0.912. The summed E-state index contributed by atoms with van der Waals surface area (Å²) in [5.74, 6) is 0.691. The fourth-order valence-electron chi connectivity index (χ4n) is 1.69. The Bertz CT molecular complexity index is 531. The third-order valence-corrected chi connectivity index (χ3v) is 2.49. The minimum atomic E-state index is -4.40. The van der Waals surface area contributed by atoms with Crippen LogP contribution in [0.2, 0.25) is 0 Å². The van der Waals surface area contributed by atoms with Crippen LogP contribution in [0.3, 0.4) is 0 Å². The molecule has 0 aliphatic carbocycles. The van der Waals surface area contributed by atoms with E-state index in [-0.39, 0.29) is 11.4 Å². The van der Waals surface area contributed by atoms with Crippen LogP contribution >= 0.6 is 0 Å². The van der Waals surface area contributed by atoms with E-state index in [9.17, 15) is 13.2 Å². The van der Waals surface area contributed by atoms with Crippen molar-refractivity contribution in [3.8, 4) is 11.4 Å². The molecule has 2 rings (SSSR count).